The van der Waals surface area contributed by atoms with Crippen LogP contribution in [0.5, 0.6) is 0 Å². The summed E-state index contributed by atoms with van der Waals surface area (Å²) in [6.45, 7) is 1.08. The van der Waals surface area contributed by atoms with Gasteiger partial charge in [0, 0.05) is 6.92 Å². The van der Waals surface area contributed by atoms with Gasteiger partial charge in [0.25, 0.3) is 5.97 Å². The predicted octanol–water partition coefficient (Wildman–Crippen LogP) is -5.01. The van der Waals surface area contributed by atoms with Gasteiger partial charge in [-0.1, -0.05) is 0 Å². The van der Waals surface area contributed by atoms with Gasteiger partial charge in [-0.15, -0.1) is 0 Å². The van der Waals surface area contributed by atoms with E-state index in [1.807, 2.05) is 0 Å². The Hall–Kier alpha value is 0.711. The molecule has 0 aliphatic carbocycles. The van der Waals surface area contributed by atoms with Crippen LogP contribution in [0.2, 0.25) is 0 Å². The average Bonchev–Trinajstić information content (AvgIpc) is 0.811. The smallest absolute Gasteiger partial charge is 1.00 e. The molecule has 0 saturated heterocycles. The quantitative estimate of drug-likeness (QED) is 0.420. The monoisotopic (exact) mass is 258 g/mol. The first kappa shape index (κ1) is 97.6. The summed E-state index contributed by atoms with van der Waals surface area (Å²) in [5.41, 5.74) is 0. The van der Waals surface area contributed by atoms with E-state index in [1.54, 1.807) is 0 Å². The summed E-state index contributed by atoms with van der Waals surface area (Å²) in [7, 11) is 0. The van der Waals surface area contributed by atoms with Crippen molar-refractivity contribution in [2.45, 2.75) is 6.92 Å². The van der Waals surface area contributed by atoms with E-state index in [0.717, 1.165) is 6.92 Å². The molecule has 9 heteroatoms. The summed E-state index contributed by atoms with van der Waals surface area (Å²) in [5, 5.41) is 7.42. The zero-order valence-corrected chi connectivity index (χ0v) is 9.54. The van der Waals surface area contributed by atoms with Gasteiger partial charge >= 0.3 is 45.5 Å². The Morgan fingerprint density at radius 1 is 1.00 bits per heavy atom. The van der Waals surface area contributed by atoms with E-state index in [2.05, 4.69) is 0 Å². The van der Waals surface area contributed by atoms with Gasteiger partial charge in [-0.05, 0) is 0 Å². The number of carboxylic acids is 1. The van der Waals surface area contributed by atoms with Crippen LogP contribution in [-0.2, 0) is 4.79 Å². The summed E-state index contributed by atoms with van der Waals surface area (Å²) in [5.74, 6) is -0.833. The molecule has 11 heavy (non-hydrogen) atoms. The van der Waals surface area contributed by atoms with Crippen LogP contribution in [-0.4, -0.2) is 89.4 Å². The molecular weight excluding hydrogens is 240 g/mol. The van der Waals surface area contributed by atoms with Crippen LogP contribution in [0.4, 0.5) is 0 Å². The Kier molecular flexibility index (Phi) is 651. The molecule has 8 nitrogen and oxygen atoms in total. The molecule has 13 N–H and O–H groups in total. The normalized spacial score (nSPS) is 2.27. The van der Waals surface area contributed by atoms with Crippen molar-refractivity contribution >= 4 is 51.5 Å². The van der Waals surface area contributed by atoms with Crippen LogP contribution in [0, 0.1) is 0 Å². The second kappa shape index (κ2) is 73.4. The molecule has 0 fully saturated rings. The van der Waals surface area contributed by atoms with Crippen molar-refractivity contribution < 1.29 is 45.6 Å². The van der Waals surface area contributed by atoms with E-state index in [9.17, 15) is 0 Å². The minimum Gasteiger partial charge on any atom is -1.00 e. The number of rotatable bonds is 0. The van der Waals surface area contributed by atoms with Crippen molar-refractivity contribution in [3.63, 3.8) is 0 Å². The van der Waals surface area contributed by atoms with E-state index >= 15 is 0 Å². The van der Waals surface area contributed by atoms with Gasteiger partial charge in [0.05, 0.1) is 0 Å². The van der Waals surface area contributed by atoms with Crippen LogP contribution in [0.15, 0.2) is 0 Å². The molecule has 0 aromatic carbocycles. The SMILES string of the molecule is CC(=O)O.O.O.O.O.O.O.[H-].[H-].[Sr+2]. The molecule has 0 rings (SSSR count). The molecule has 0 aromatic heterocycles. The first-order valence-corrected chi connectivity index (χ1v) is 0.928. The fourth-order valence-electron chi connectivity index (χ4n) is 0. The molecule has 0 bridgehead atoms. The van der Waals surface area contributed by atoms with E-state index < -0.39 is 5.97 Å². The Balaban J connectivity index is -0.00000000125. The molecule has 0 aliphatic rings. The number of aliphatic carboxylic acids is 1. The Bertz CT molecular complexity index is 43.1. The molecule has 0 aromatic rings. The van der Waals surface area contributed by atoms with E-state index in [-0.39, 0.29) is 81.2 Å². The van der Waals surface area contributed by atoms with Gasteiger partial charge in [-0.25, -0.2) is 0 Å². The summed E-state index contributed by atoms with van der Waals surface area (Å²) in [6, 6.07) is 0. The van der Waals surface area contributed by atoms with Gasteiger partial charge in [-0.2, -0.15) is 0 Å². The van der Waals surface area contributed by atoms with E-state index in [1.165, 1.54) is 0 Å². The number of carbonyl (C=O) groups is 1. The zero-order chi connectivity index (χ0) is 3.58. The molecule has 0 spiro atoms. The molecular formula is C2H18O8Sr. The van der Waals surface area contributed by atoms with Gasteiger partial charge in [0.2, 0.25) is 0 Å². The van der Waals surface area contributed by atoms with Crippen LogP contribution in [0.1, 0.15) is 9.78 Å². The number of carboxylic acid groups (broad SMARTS) is 1. The topological polar surface area (TPSA) is 226 Å². The first-order valence-electron chi connectivity index (χ1n) is 0.928. The van der Waals surface area contributed by atoms with Crippen LogP contribution < -0.4 is 0 Å². The second-order valence-corrected chi connectivity index (χ2v) is 0.519. The molecule has 0 aliphatic heterocycles. The van der Waals surface area contributed by atoms with Crippen molar-refractivity contribution in [1.29, 1.82) is 0 Å². The second-order valence-electron chi connectivity index (χ2n) is 0.519. The molecule has 0 saturated carbocycles. The van der Waals surface area contributed by atoms with Gasteiger partial charge < -0.3 is 40.8 Å². The van der Waals surface area contributed by atoms with Crippen LogP contribution in [0.25, 0.3) is 0 Å². The van der Waals surface area contributed by atoms with Crippen molar-refractivity contribution in [1.82, 2.24) is 0 Å². The maximum absolute atomic E-state index is 9.00. The molecule has 0 atom stereocenters. The maximum Gasteiger partial charge on any atom is 2.00 e. The zero-order valence-electron chi connectivity index (χ0n) is 8.06. The van der Waals surface area contributed by atoms with Gasteiger partial charge in [0.1, 0.15) is 0 Å². The van der Waals surface area contributed by atoms with Crippen molar-refractivity contribution in [3.8, 4) is 0 Å². The third-order valence-corrected chi connectivity index (χ3v) is 0. The first-order chi connectivity index (χ1) is 1.73. The Morgan fingerprint density at radius 3 is 1.00 bits per heavy atom. The number of hydrogen-bond acceptors (Lipinski definition) is 1. The predicted molar refractivity (Wildman–Crippen MR) is 43.0 cm³/mol. The Labute approximate surface area is 103 Å². The summed E-state index contributed by atoms with van der Waals surface area (Å²) in [4.78, 5) is 9.00. The average molecular weight is 258 g/mol. The fourth-order valence-corrected chi connectivity index (χ4v) is 0. The van der Waals surface area contributed by atoms with Gasteiger partial charge in [0.15, 0.2) is 0 Å². The largest absolute Gasteiger partial charge is 2.00 e. The minimum absolute atomic E-state index is 0. The third-order valence-electron chi connectivity index (χ3n) is 0. The van der Waals surface area contributed by atoms with Crippen molar-refractivity contribution in [2.75, 3.05) is 0 Å². The molecule has 0 amide bonds. The van der Waals surface area contributed by atoms with Crippen LogP contribution >= 0.6 is 0 Å². The third kappa shape index (κ3) is 1610. The Morgan fingerprint density at radius 2 is 1.00 bits per heavy atom. The number of hydrogen-bond donors (Lipinski definition) is 1. The van der Waals surface area contributed by atoms with Gasteiger partial charge in [-0.3, -0.25) is 4.79 Å². The summed E-state index contributed by atoms with van der Waals surface area (Å²) >= 11 is 0. The van der Waals surface area contributed by atoms with Crippen molar-refractivity contribution in [2.24, 2.45) is 0 Å². The van der Waals surface area contributed by atoms with E-state index in [4.69, 9.17) is 9.90 Å². The summed E-state index contributed by atoms with van der Waals surface area (Å²) < 4.78 is 0. The minimum atomic E-state index is -0.833. The summed E-state index contributed by atoms with van der Waals surface area (Å²) in [6.07, 6.45) is 0. The molecule has 0 heterocycles. The van der Waals surface area contributed by atoms with E-state index in [0.29, 0.717) is 0 Å². The molecule has 0 unspecified atom stereocenters. The van der Waals surface area contributed by atoms with Crippen LogP contribution in [0.3, 0.4) is 0 Å². The maximum atomic E-state index is 9.00. The molecule has 76 valence electrons. The molecule has 0 radical (unpaired) electrons. The van der Waals surface area contributed by atoms with Crippen molar-refractivity contribution in [3.05, 3.63) is 0 Å². The standard InChI is InChI=1S/C2H4O2.6H2O.Sr.2H/c1-2(3)4;;;;;;;;;/h1H3,(H,3,4);6*1H2;;;/q;;;;;;;+2;2*-1. The fraction of sp³-hybridized carbons (Fsp3) is 0.500.